The Kier molecular flexibility index (Phi) is 3.58. The highest BCUT2D eigenvalue weighted by atomic mass is 32.2. The van der Waals surface area contributed by atoms with Crippen LogP contribution in [0.2, 0.25) is 0 Å². The second kappa shape index (κ2) is 5.59. The van der Waals surface area contributed by atoms with Gasteiger partial charge in [-0.1, -0.05) is 5.16 Å². The number of amides is 1. The van der Waals surface area contributed by atoms with Crippen molar-refractivity contribution >= 4 is 40.9 Å². The van der Waals surface area contributed by atoms with Gasteiger partial charge in [-0.15, -0.1) is 23.1 Å². The van der Waals surface area contributed by atoms with Gasteiger partial charge in [0.2, 0.25) is 0 Å². The van der Waals surface area contributed by atoms with Crippen LogP contribution in [-0.4, -0.2) is 11.1 Å². The maximum Gasteiger partial charge on any atom is 0.263 e. The number of carbonyl (C=O) groups excluding carboxylic acids is 1. The van der Waals surface area contributed by atoms with E-state index in [1.54, 1.807) is 30.3 Å². The van der Waals surface area contributed by atoms with Crippen LogP contribution in [0.3, 0.4) is 0 Å². The minimum absolute atomic E-state index is 0.102. The van der Waals surface area contributed by atoms with Crippen LogP contribution in [0.5, 0.6) is 0 Å². The summed E-state index contributed by atoms with van der Waals surface area (Å²) in [4.78, 5) is 15.9. The average Bonchev–Trinajstić information content (AvgIpc) is 3.09. The lowest BCUT2D eigenvalue weighted by Gasteiger charge is -2.15. The lowest BCUT2D eigenvalue weighted by Crippen LogP contribution is -2.14. The van der Waals surface area contributed by atoms with Gasteiger partial charge in [0.05, 0.1) is 4.91 Å². The van der Waals surface area contributed by atoms with E-state index in [2.05, 4.69) is 10.5 Å². The summed E-state index contributed by atoms with van der Waals surface area (Å²) in [6.07, 6.45) is 7.03. The molecule has 1 N–H and O–H groups in total. The third-order valence-corrected chi connectivity index (χ3v) is 6.37. The van der Waals surface area contributed by atoms with Gasteiger partial charge >= 0.3 is 0 Å². The topological polar surface area (TPSA) is 55.1 Å². The number of hydrogen-bond donors (Lipinski definition) is 1. The molecule has 22 heavy (non-hydrogen) atoms. The summed E-state index contributed by atoms with van der Waals surface area (Å²) in [6.45, 7) is 1.81. The molecule has 0 saturated carbocycles. The van der Waals surface area contributed by atoms with Crippen molar-refractivity contribution in [2.45, 2.75) is 38.4 Å². The summed E-state index contributed by atoms with van der Waals surface area (Å²) in [7, 11) is 0. The molecule has 0 spiro atoms. The SMILES string of the molecule is Cc1cc(NC(=O)C2=Cc3sc4c(c3CS2)CCCC4)no1. The number of hydrogen-bond acceptors (Lipinski definition) is 5. The van der Waals surface area contributed by atoms with Crippen LogP contribution in [0.4, 0.5) is 5.82 Å². The van der Waals surface area contributed by atoms with E-state index in [1.807, 2.05) is 17.4 Å². The number of thioether (sulfide) groups is 1. The Morgan fingerprint density at radius 1 is 1.32 bits per heavy atom. The van der Waals surface area contributed by atoms with Crippen molar-refractivity contribution < 1.29 is 9.32 Å². The molecule has 0 saturated heterocycles. The van der Waals surface area contributed by atoms with Crippen molar-refractivity contribution in [1.29, 1.82) is 0 Å². The van der Waals surface area contributed by atoms with Gasteiger partial charge in [-0.25, -0.2) is 0 Å². The first-order valence-corrected chi connectivity index (χ1v) is 9.23. The molecule has 1 amide bonds. The number of thiophene rings is 1. The monoisotopic (exact) mass is 332 g/mol. The fourth-order valence-electron chi connectivity index (χ4n) is 2.97. The molecule has 1 aliphatic carbocycles. The predicted molar refractivity (Wildman–Crippen MR) is 90.1 cm³/mol. The molecule has 2 aromatic rings. The molecule has 1 aliphatic heterocycles. The highest BCUT2D eigenvalue weighted by molar-refractivity contribution is 8.03. The van der Waals surface area contributed by atoms with Crippen LogP contribution >= 0.6 is 23.1 Å². The van der Waals surface area contributed by atoms with Gasteiger partial charge < -0.3 is 9.84 Å². The Balaban J connectivity index is 1.58. The van der Waals surface area contributed by atoms with Gasteiger partial charge in [0.15, 0.2) is 5.82 Å². The molecule has 0 radical (unpaired) electrons. The molecular formula is C16H16N2O2S2. The van der Waals surface area contributed by atoms with Crippen LogP contribution in [0.25, 0.3) is 6.08 Å². The summed E-state index contributed by atoms with van der Waals surface area (Å²) >= 11 is 3.48. The van der Waals surface area contributed by atoms with Crippen molar-refractivity contribution in [1.82, 2.24) is 5.16 Å². The summed E-state index contributed by atoms with van der Waals surface area (Å²) in [5, 5.41) is 6.60. The largest absolute Gasteiger partial charge is 0.360 e. The van der Waals surface area contributed by atoms with E-state index in [4.69, 9.17) is 4.52 Å². The van der Waals surface area contributed by atoms with Gasteiger partial charge in [0, 0.05) is 21.6 Å². The number of rotatable bonds is 2. The lowest BCUT2D eigenvalue weighted by molar-refractivity contribution is -0.112. The average molecular weight is 332 g/mol. The molecule has 0 aromatic carbocycles. The molecule has 2 aromatic heterocycles. The van der Waals surface area contributed by atoms with Gasteiger partial charge in [-0.2, -0.15) is 0 Å². The normalized spacial score (nSPS) is 16.7. The van der Waals surface area contributed by atoms with E-state index in [9.17, 15) is 4.79 Å². The maximum atomic E-state index is 12.4. The van der Waals surface area contributed by atoms with E-state index >= 15 is 0 Å². The maximum absolute atomic E-state index is 12.4. The van der Waals surface area contributed by atoms with Gasteiger partial charge in [-0.05, 0) is 49.8 Å². The second-order valence-corrected chi connectivity index (χ2v) is 7.78. The van der Waals surface area contributed by atoms with Gasteiger partial charge in [-0.3, -0.25) is 4.79 Å². The number of nitrogens with one attached hydrogen (secondary N) is 1. The molecule has 0 bridgehead atoms. The number of aromatic nitrogens is 1. The minimum Gasteiger partial charge on any atom is -0.360 e. The zero-order chi connectivity index (χ0) is 15.1. The quantitative estimate of drug-likeness (QED) is 0.897. The summed E-state index contributed by atoms with van der Waals surface area (Å²) in [5.41, 5.74) is 3.01. The van der Waals surface area contributed by atoms with Crippen molar-refractivity contribution in [2.24, 2.45) is 0 Å². The first-order valence-electron chi connectivity index (χ1n) is 7.43. The molecule has 0 fully saturated rings. The van der Waals surface area contributed by atoms with Crippen LogP contribution < -0.4 is 5.32 Å². The standard InChI is InChI=1S/C16H16N2O2S2/c1-9-6-15(18-20-9)17-16(19)14-7-13-11(8-21-14)10-4-2-3-5-12(10)22-13/h6-7H,2-5,8H2,1H3,(H,17,18,19). The number of aryl methyl sites for hydroxylation is 2. The van der Waals surface area contributed by atoms with Crippen molar-refractivity contribution in [3.05, 3.63) is 37.6 Å². The number of carbonyl (C=O) groups is 1. The zero-order valence-corrected chi connectivity index (χ0v) is 13.9. The molecule has 6 heteroatoms. The summed E-state index contributed by atoms with van der Waals surface area (Å²) in [5.74, 6) is 1.96. The first kappa shape index (κ1) is 14.1. The Hall–Kier alpha value is -1.53. The third kappa shape index (κ3) is 2.50. The van der Waals surface area contributed by atoms with Crippen molar-refractivity contribution in [3.63, 3.8) is 0 Å². The van der Waals surface area contributed by atoms with Gasteiger partial charge in [0.1, 0.15) is 5.76 Å². The predicted octanol–water partition coefficient (Wildman–Crippen LogP) is 4.15. The van der Waals surface area contributed by atoms with Crippen LogP contribution in [0, 0.1) is 6.92 Å². The Morgan fingerprint density at radius 3 is 3.00 bits per heavy atom. The van der Waals surface area contributed by atoms with Crippen molar-refractivity contribution in [2.75, 3.05) is 5.32 Å². The van der Waals surface area contributed by atoms with Crippen LogP contribution in [-0.2, 0) is 23.4 Å². The van der Waals surface area contributed by atoms with Crippen molar-refractivity contribution in [3.8, 4) is 0 Å². The van der Waals surface area contributed by atoms with E-state index in [0.29, 0.717) is 11.6 Å². The van der Waals surface area contributed by atoms with E-state index in [-0.39, 0.29) is 5.91 Å². The highest BCUT2D eigenvalue weighted by Crippen LogP contribution is 2.42. The first-order chi connectivity index (χ1) is 10.7. The second-order valence-electron chi connectivity index (χ2n) is 5.63. The summed E-state index contributed by atoms with van der Waals surface area (Å²) < 4.78 is 4.98. The zero-order valence-electron chi connectivity index (χ0n) is 12.3. The Morgan fingerprint density at radius 2 is 2.18 bits per heavy atom. The molecule has 2 aliphatic rings. The molecule has 3 heterocycles. The van der Waals surface area contributed by atoms with Gasteiger partial charge in [0.25, 0.3) is 5.91 Å². The molecule has 0 unspecified atom stereocenters. The molecule has 4 rings (SSSR count). The number of nitrogens with zero attached hydrogens (tertiary/aromatic N) is 1. The molecule has 4 nitrogen and oxygen atoms in total. The highest BCUT2D eigenvalue weighted by Gasteiger charge is 2.25. The fourth-order valence-corrected chi connectivity index (χ4v) is 5.51. The molecular weight excluding hydrogens is 316 g/mol. The van der Waals surface area contributed by atoms with E-state index < -0.39 is 0 Å². The number of fused-ring (bicyclic) bond motifs is 3. The van der Waals surface area contributed by atoms with E-state index in [0.717, 1.165) is 10.7 Å². The Bertz CT molecular complexity index is 773. The minimum atomic E-state index is -0.102. The third-order valence-electron chi connectivity index (χ3n) is 4.04. The fraction of sp³-hybridized carbons (Fsp3) is 0.375. The number of anilines is 1. The lowest BCUT2D eigenvalue weighted by atomic mass is 9.95. The summed E-state index contributed by atoms with van der Waals surface area (Å²) in [6, 6.07) is 1.72. The van der Waals surface area contributed by atoms with E-state index in [1.165, 1.54) is 41.0 Å². The Labute approximate surface area is 137 Å². The van der Waals surface area contributed by atoms with Crippen LogP contribution in [0.1, 0.15) is 39.5 Å². The molecule has 114 valence electrons. The van der Waals surface area contributed by atoms with Crippen LogP contribution in [0.15, 0.2) is 15.5 Å². The smallest absolute Gasteiger partial charge is 0.263 e. The molecule has 0 atom stereocenters.